The van der Waals surface area contributed by atoms with Gasteiger partial charge in [0.25, 0.3) is 0 Å². The summed E-state index contributed by atoms with van der Waals surface area (Å²) in [6, 6.07) is 0. The first kappa shape index (κ1) is 15.6. The lowest BCUT2D eigenvalue weighted by atomic mass is 9.89. The van der Waals surface area contributed by atoms with Crippen LogP contribution in [0.2, 0.25) is 0 Å². The van der Waals surface area contributed by atoms with Crippen LogP contribution in [0.3, 0.4) is 0 Å². The summed E-state index contributed by atoms with van der Waals surface area (Å²) in [4.78, 5) is 12.0. The van der Waals surface area contributed by atoms with Crippen LogP contribution in [0.15, 0.2) is 5.16 Å². The highest BCUT2D eigenvalue weighted by Gasteiger charge is 2.34. The second-order valence-electron chi connectivity index (χ2n) is 6.44. The quantitative estimate of drug-likeness (QED) is 0.620. The molecular weight excluding hydrogens is 302 g/mol. The molecule has 1 saturated heterocycles. The number of carbonyl (C=O) groups excluding carboxylic acids is 1. The molecule has 0 bridgehead atoms. The lowest BCUT2D eigenvalue weighted by molar-refractivity contribution is -0.128. The molecule has 22 heavy (non-hydrogen) atoms. The molecule has 0 aromatic carbocycles. The SMILES string of the molecule is CC1(NC(=O)CSc2nnc(C3CCCCC3)n2N)COC1. The molecule has 1 amide bonds. The van der Waals surface area contributed by atoms with E-state index in [4.69, 9.17) is 10.6 Å². The monoisotopic (exact) mass is 325 g/mol. The average Bonchev–Trinajstić information content (AvgIpc) is 2.85. The number of amides is 1. The van der Waals surface area contributed by atoms with Crippen LogP contribution in [-0.2, 0) is 9.53 Å². The largest absolute Gasteiger partial charge is 0.376 e. The summed E-state index contributed by atoms with van der Waals surface area (Å²) >= 11 is 1.33. The van der Waals surface area contributed by atoms with Gasteiger partial charge in [-0.15, -0.1) is 10.2 Å². The molecule has 3 N–H and O–H groups in total. The van der Waals surface area contributed by atoms with Crippen molar-refractivity contribution in [3.8, 4) is 0 Å². The fourth-order valence-electron chi connectivity index (χ4n) is 3.01. The zero-order valence-corrected chi connectivity index (χ0v) is 13.7. The first-order valence-electron chi connectivity index (χ1n) is 7.79. The summed E-state index contributed by atoms with van der Waals surface area (Å²) in [5, 5.41) is 11.9. The lowest BCUT2D eigenvalue weighted by Crippen LogP contribution is -2.60. The highest BCUT2D eigenvalue weighted by atomic mass is 32.2. The highest BCUT2D eigenvalue weighted by molar-refractivity contribution is 7.99. The van der Waals surface area contributed by atoms with E-state index >= 15 is 0 Å². The third-order valence-electron chi connectivity index (χ3n) is 4.28. The smallest absolute Gasteiger partial charge is 0.231 e. The molecule has 1 aromatic heterocycles. The van der Waals surface area contributed by atoms with Crippen LogP contribution in [0.4, 0.5) is 0 Å². The van der Waals surface area contributed by atoms with Gasteiger partial charge in [-0.3, -0.25) is 4.79 Å². The Labute approximate surface area is 134 Å². The Morgan fingerprint density at radius 1 is 1.41 bits per heavy atom. The van der Waals surface area contributed by atoms with Crippen molar-refractivity contribution in [2.45, 2.75) is 55.6 Å². The highest BCUT2D eigenvalue weighted by Crippen LogP contribution is 2.32. The van der Waals surface area contributed by atoms with Gasteiger partial charge in [0.05, 0.1) is 24.5 Å². The van der Waals surface area contributed by atoms with Crippen LogP contribution >= 0.6 is 11.8 Å². The predicted molar refractivity (Wildman–Crippen MR) is 84.1 cm³/mol. The van der Waals surface area contributed by atoms with E-state index in [1.54, 1.807) is 4.68 Å². The van der Waals surface area contributed by atoms with Gasteiger partial charge in [-0.25, -0.2) is 4.68 Å². The molecule has 3 rings (SSSR count). The van der Waals surface area contributed by atoms with E-state index in [-0.39, 0.29) is 17.2 Å². The number of hydrogen-bond acceptors (Lipinski definition) is 6. The number of nitrogens with zero attached hydrogens (tertiary/aromatic N) is 3. The van der Waals surface area contributed by atoms with Crippen LogP contribution in [-0.4, -0.2) is 45.3 Å². The number of carbonyl (C=O) groups is 1. The number of aromatic nitrogens is 3. The van der Waals surface area contributed by atoms with Gasteiger partial charge in [0.1, 0.15) is 0 Å². The summed E-state index contributed by atoms with van der Waals surface area (Å²) < 4.78 is 6.68. The van der Waals surface area contributed by atoms with E-state index in [1.807, 2.05) is 6.92 Å². The van der Waals surface area contributed by atoms with E-state index in [9.17, 15) is 4.79 Å². The van der Waals surface area contributed by atoms with Crippen LogP contribution < -0.4 is 11.2 Å². The number of nitrogen functional groups attached to an aromatic ring is 1. The molecule has 8 heteroatoms. The van der Waals surface area contributed by atoms with Crippen molar-refractivity contribution in [1.82, 2.24) is 20.2 Å². The Balaban J connectivity index is 1.54. The molecule has 2 aliphatic rings. The zero-order valence-electron chi connectivity index (χ0n) is 12.9. The summed E-state index contributed by atoms with van der Waals surface area (Å²) in [6.45, 7) is 3.12. The second-order valence-corrected chi connectivity index (χ2v) is 7.38. The van der Waals surface area contributed by atoms with Crippen molar-refractivity contribution in [2.75, 3.05) is 24.8 Å². The maximum atomic E-state index is 12.0. The van der Waals surface area contributed by atoms with Crippen molar-refractivity contribution < 1.29 is 9.53 Å². The Bertz CT molecular complexity index is 537. The minimum Gasteiger partial charge on any atom is -0.376 e. The first-order valence-corrected chi connectivity index (χ1v) is 8.78. The standard InChI is InChI=1S/C14H23N5O2S/c1-14(8-21-9-14)16-11(20)7-22-13-18-17-12(19(13)15)10-5-3-2-4-6-10/h10H,2-9,15H2,1H3,(H,16,20). The molecule has 1 aliphatic carbocycles. The Morgan fingerprint density at radius 3 is 2.77 bits per heavy atom. The van der Waals surface area contributed by atoms with Gasteiger partial charge in [0, 0.05) is 5.92 Å². The van der Waals surface area contributed by atoms with Crippen molar-refractivity contribution in [3.63, 3.8) is 0 Å². The molecule has 1 saturated carbocycles. The molecule has 1 aromatic rings. The maximum Gasteiger partial charge on any atom is 0.231 e. The molecule has 2 fully saturated rings. The molecule has 0 radical (unpaired) electrons. The number of nitrogens with one attached hydrogen (secondary N) is 1. The number of thioether (sulfide) groups is 1. The van der Waals surface area contributed by atoms with Gasteiger partial charge in [-0.05, 0) is 19.8 Å². The van der Waals surface area contributed by atoms with Crippen molar-refractivity contribution in [1.29, 1.82) is 0 Å². The van der Waals surface area contributed by atoms with Gasteiger partial charge in [-0.1, -0.05) is 31.0 Å². The van der Waals surface area contributed by atoms with Crippen molar-refractivity contribution in [2.24, 2.45) is 0 Å². The summed E-state index contributed by atoms with van der Waals surface area (Å²) in [7, 11) is 0. The Morgan fingerprint density at radius 2 is 2.14 bits per heavy atom. The third kappa shape index (κ3) is 3.38. The Hall–Kier alpha value is -1.28. The van der Waals surface area contributed by atoms with Gasteiger partial charge in [0.15, 0.2) is 5.82 Å². The summed E-state index contributed by atoms with van der Waals surface area (Å²) in [6.07, 6.45) is 5.99. The molecule has 0 atom stereocenters. The average molecular weight is 325 g/mol. The van der Waals surface area contributed by atoms with E-state index in [2.05, 4.69) is 15.5 Å². The molecule has 122 valence electrons. The van der Waals surface area contributed by atoms with Crippen molar-refractivity contribution >= 4 is 17.7 Å². The van der Waals surface area contributed by atoms with Gasteiger partial charge >= 0.3 is 0 Å². The van der Waals surface area contributed by atoms with Gasteiger partial charge < -0.3 is 15.9 Å². The number of nitrogens with two attached hydrogens (primary N) is 1. The minimum absolute atomic E-state index is 0.0296. The van der Waals surface area contributed by atoms with Gasteiger partial charge in [-0.2, -0.15) is 0 Å². The van der Waals surface area contributed by atoms with Crippen LogP contribution in [0.25, 0.3) is 0 Å². The number of hydrogen-bond donors (Lipinski definition) is 2. The predicted octanol–water partition coefficient (Wildman–Crippen LogP) is 1.04. The van der Waals surface area contributed by atoms with E-state index in [0.717, 1.165) is 18.7 Å². The van der Waals surface area contributed by atoms with E-state index in [1.165, 1.54) is 31.0 Å². The number of ether oxygens (including phenoxy) is 1. The fourth-order valence-corrected chi connectivity index (χ4v) is 3.67. The summed E-state index contributed by atoms with van der Waals surface area (Å²) in [5.41, 5.74) is -0.221. The van der Waals surface area contributed by atoms with Crippen LogP contribution in [0.5, 0.6) is 0 Å². The maximum absolute atomic E-state index is 12.0. The molecular formula is C14H23N5O2S. The fraction of sp³-hybridized carbons (Fsp3) is 0.786. The molecule has 0 spiro atoms. The van der Waals surface area contributed by atoms with Crippen molar-refractivity contribution in [3.05, 3.63) is 5.82 Å². The third-order valence-corrected chi connectivity index (χ3v) is 5.22. The first-order chi connectivity index (χ1) is 10.6. The van der Waals surface area contributed by atoms with Crippen LogP contribution in [0, 0.1) is 0 Å². The van der Waals surface area contributed by atoms with Gasteiger partial charge in [0.2, 0.25) is 11.1 Å². The van der Waals surface area contributed by atoms with E-state index in [0.29, 0.717) is 24.3 Å². The normalized spacial score (nSPS) is 21.3. The number of rotatable bonds is 5. The molecule has 7 nitrogen and oxygen atoms in total. The summed E-state index contributed by atoms with van der Waals surface area (Å²) in [5.74, 6) is 7.61. The van der Waals surface area contributed by atoms with E-state index < -0.39 is 0 Å². The topological polar surface area (TPSA) is 95.1 Å². The molecule has 1 aliphatic heterocycles. The zero-order chi connectivity index (χ0) is 15.6. The lowest BCUT2D eigenvalue weighted by Gasteiger charge is -2.38. The second kappa shape index (κ2) is 6.45. The minimum atomic E-state index is -0.221. The molecule has 2 heterocycles. The Kier molecular flexibility index (Phi) is 4.58. The molecule has 0 unspecified atom stereocenters. The van der Waals surface area contributed by atoms with Crippen LogP contribution in [0.1, 0.15) is 50.8 Å².